The standard InChI is InChI=1S/C16H21NO2/c1-3-17-10-12-8-9-18-16(12)15-11(2)19-14-7-5-4-6-13(14)15/h4-7,12,16-17H,3,8-10H2,1-2H3. The molecule has 1 aromatic carbocycles. The van der Waals surface area contributed by atoms with Gasteiger partial charge in [-0.2, -0.15) is 0 Å². The number of rotatable bonds is 4. The number of hydrogen-bond donors (Lipinski definition) is 1. The number of nitrogens with one attached hydrogen (secondary N) is 1. The molecule has 2 heterocycles. The molecule has 1 fully saturated rings. The van der Waals surface area contributed by atoms with Gasteiger partial charge in [0.2, 0.25) is 0 Å². The van der Waals surface area contributed by atoms with Crippen molar-refractivity contribution in [3.63, 3.8) is 0 Å². The van der Waals surface area contributed by atoms with Crippen LogP contribution in [0.2, 0.25) is 0 Å². The van der Waals surface area contributed by atoms with Gasteiger partial charge in [-0.1, -0.05) is 25.1 Å². The molecule has 3 rings (SSSR count). The molecule has 1 saturated heterocycles. The first kappa shape index (κ1) is 12.7. The Balaban J connectivity index is 1.96. The summed E-state index contributed by atoms with van der Waals surface area (Å²) in [6.45, 7) is 7.05. The molecule has 3 heteroatoms. The van der Waals surface area contributed by atoms with Gasteiger partial charge in [0, 0.05) is 30.0 Å². The van der Waals surface area contributed by atoms with E-state index >= 15 is 0 Å². The highest BCUT2D eigenvalue weighted by Gasteiger charge is 2.33. The van der Waals surface area contributed by atoms with Crippen molar-refractivity contribution < 1.29 is 9.15 Å². The minimum Gasteiger partial charge on any atom is -0.461 e. The van der Waals surface area contributed by atoms with Crippen LogP contribution in [-0.4, -0.2) is 19.7 Å². The van der Waals surface area contributed by atoms with Crippen LogP contribution in [-0.2, 0) is 4.74 Å². The molecule has 1 N–H and O–H groups in total. The van der Waals surface area contributed by atoms with E-state index in [-0.39, 0.29) is 6.10 Å². The van der Waals surface area contributed by atoms with Gasteiger partial charge in [-0.3, -0.25) is 0 Å². The highest BCUT2D eigenvalue weighted by molar-refractivity contribution is 5.82. The number of hydrogen-bond acceptors (Lipinski definition) is 3. The van der Waals surface area contributed by atoms with Crippen LogP contribution in [0.4, 0.5) is 0 Å². The lowest BCUT2D eigenvalue weighted by atomic mass is 9.93. The number of aryl methyl sites for hydroxylation is 1. The van der Waals surface area contributed by atoms with Gasteiger partial charge in [0.15, 0.2) is 0 Å². The predicted octanol–water partition coefficient (Wildman–Crippen LogP) is 3.43. The molecule has 3 nitrogen and oxygen atoms in total. The first-order chi connectivity index (χ1) is 9.31. The second-order valence-corrected chi connectivity index (χ2v) is 5.22. The summed E-state index contributed by atoms with van der Waals surface area (Å²) in [5.74, 6) is 1.54. The molecule has 0 radical (unpaired) electrons. The molecule has 0 aliphatic carbocycles. The fraction of sp³-hybridized carbons (Fsp3) is 0.500. The summed E-state index contributed by atoms with van der Waals surface area (Å²) >= 11 is 0. The summed E-state index contributed by atoms with van der Waals surface area (Å²) in [6, 6.07) is 8.24. The lowest BCUT2D eigenvalue weighted by molar-refractivity contribution is 0.0904. The SMILES string of the molecule is CCNCC1CCOC1c1c(C)oc2ccccc12. The Morgan fingerprint density at radius 1 is 1.32 bits per heavy atom. The van der Waals surface area contributed by atoms with Gasteiger partial charge >= 0.3 is 0 Å². The highest BCUT2D eigenvalue weighted by Crippen LogP contribution is 2.40. The fourth-order valence-corrected chi connectivity index (χ4v) is 3.03. The average Bonchev–Trinajstić information content (AvgIpc) is 2.98. The van der Waals surface area contributed by atoms with Crippen molar-refractivity contribution in [1.82, 2.24) is 5.32 Å². The zero-order chi connectivity index (χ0) is 13.2. The highest BCUT2D eigenvalue weighted by atomic mass is 16.5. The van der Waals surface area contributed by atoms with E-state index in [1.165, 1.54) is 10.9 Å². The Kier molecular flexibility index (Phi) is 3.58. The van der Waals surface area contributed by atoms with Gasteiger partial charge in [-0.15, -0.1) is 0 Å². The maximum Gasteiger partial charge on any atom is 0.134 e. The van der Waals surface area contributed by atoms with Gasteiger partial charge in [0.25, 0.3) is 0 Å². The first-order valence-corrected chi connectivity index (χ1v) is 7.11. The van der Waals surface area contributed by atoms with Crippen LogP contribution in [0.15, 0.2) is 28.7 Å². The summed E-state index contributed by atoms with van der Waals surface area (Å²) < 4.78 is 11.9. The normalized spacial score (nSPS) is 23.3. The molecule has 0 spiro atoms. The van der Waals surface area contributed by atoms with E-state index in [1.807, 2.05) is 19.1 Å². The molecule has 0 amide bonds. The lowest BCUT2D eigenvalue weighted by Crippen LogP contribution is -2.24. The van der Waals surface area contributed by atoms with E-state index in [9.17, 15) is 0 Å². The molecule has 2 aromatic rings. The van der Waals surface area contributed by atoms with Crippen LogP contribution < -0.4 is 5.32 Å². The lowest BCUT2D eigenvalue weighted by Gasteiger charge is -2.18. The van der Waals surface area contributed by atoms with Crippen molar-refractivity contribution in [2.45, 2.75) is 26.4 Å². The van der Waals surface area contributed by atoms with Crippen molar-refractivity contribution in [3.8, 4) is 0 Å². The number of benzene rings is 1. The maximum absolute atomic E-state index is 6.00. The second kappa shape index (κ2) is 5.35. The molecule has 2 unspecified atom stereocenters. The van der Waals surface area contributed by atoms with Gasteiger partial charge < -0.3 is 14.5 Å². The van der Waals surface area contributed by atoms with Crippen LogP contribution >= 0.6 is 0 Å². The largest absolute Gasteiger partial charge is 0.461 e. The minimum atomic E-state index is 0.169. The zero-order valence-electron chi connectivity index (χ0n) is 11.6. The van der Waals surface area contributed by atoms with Crippen LogP contribution in [0.25, 0.3) is 11.0 Å². The Bertz CT molecular complexity index is 561. The Labute approximate surface area is 113 Å². The summed E-state index contributed by atoms with van der Waals surface area (Å²) in [4.78, 5) is 0. The van der Waals surface area contributed by atoms with E-state index in [0.29, 0.717) is 5.92 Å². The molecule has 19 heavy (non-hydrogen) atoms. The number of para-hydroxylation sites is 1. The van der Waals surface area contributed by atoms with E-state index < -0.39 is 0 Å². The van der Waals surface area contributed by atoms with Crippen LogP contribution in [0.5, 0.6) is 0 Å². The van der Waals surface area contributed by atoms with Crippen molar-refractivity contribution in [3.05, 3.63) is 35.6 Å². The first-order valence-electron chi connectivity index (χ1n) is 7.11. The van der Waals surface area contributed by atoms with Crippen molar-refractivity contribution in [1.29, 1.82) is 0 Å². The van der Waals surface area contributed by atoms with E-state index in [1.54, 1.807) is 0 Å². The predicted molar refractivity (Wildman–Crippen MR) is 76.3 cm³/mol. The molecular weight excluding hydrogens is 238 g/mol. The third-order valence-electron chi connectivity index (χ3n) is 3.97. The van der Waals surface area contributed by atoms with E-state index in [4.69, 9.17) is 9.15 Å². The molecule has 0 saturated carbocycles. The molecule has 2 atom stereocenters. The fourth-order valence-electron chi connectivity index (χ4n) is 3.03. The van der Waals surface area contributed by atoms with Crippen molar-refractivity contribution >= 4 is 11.0 Å². The Hall–Kier alpha value is -1.32. The van der Waals surface area contributed by atoms with Gasteiger partial charge in [-0.25, -0.2) is 0 Å². The number of furan rings is 1. The Morgan fingerprint density at radius 2 is 2.16 bits per heavy atom. The monoisotopic (exact) mass is 259 g/mol. The molecule has 1 aliphatic heterocycles. The van der Waals surface area contributed by atoms with E-state index in [0.717, 1.165) is 37.5 Å². The summed E-state index contributed by atoms with van der Waals surface area (Å²) in [7, 11) is 0. The molecule has 102 valence electrons. The Morgan fingerprint density at radius 3 is 3.00 bits per heavy atom. The van der Waals surface area contributed by atoms with Gasteiger partial charge in [-0.05, 0) is 26.0 Å². The van der Waals surface area contributed by atoms with Gasteiger partial charge in [0.05, 0.1) is 6.10 Å². The number of fused-ring (bicyclic) bond motifs is 1. The van der Waals surface area contributed by atoms with Crippen LogP contribution in [0.1, 0.15) is 30.8 Å². The van der Waals surface area contributed by atoms with Gasteiger partial charge in [0.1, 0.15) is 11.3 Å². The molecule has 1 aliphatic rings. The third-order valence-corrected chi connectivity index (χ3v) is 3.97. The molecular formula is C16H21NO2. The zero-order valence-corrected chi connectivity index (χ0v) is 11.6. The third kappa shape index (κ3) is 2.28. The number of ether oxygens (including phenoxy) is 1. The molecule has 1 aromatic heterocycles. The van der Waals surface area contributed by atoms with Crippen LogP contribution in [0, 0.1) is 12.8 Å². The summed E-state index contributed by atoms with van der Waals surface area (Å²) in [5, 5.41) is 4.64. The minimum absolute atomic E-state index is 0.169. The second-order valence-electron chi connectivity index (χ2n) is 5.22. The topological polar surface area (TPSA) is 34.4 Å². The smallest absolute Gasteiger partial charge is 0.134 e. The maximum atomic E-state index is 6.00. The van der Waals surface area contributed by atoms with Crippen molar-refractivity contribution in [2.24, 2.45) is 5.92 Å². The van der Waals surface area contributed by atoms with E-state index in [2.05, 4.69) is 24.4 Å². The van der Waals surface area contributed by atoms with Crippen LogP contribution in [0.3, 0.4) is 0 Å². The quantitative estimate of drug-likeness (QED) is 0.913. The average molecular weight is 259 g/mol. The molecule has 0 bridgehead atoms. The summed E-state index contributed by atoms with van der Waals surface area (Å²) in [6.07, 6.45) is 1.29. The van der Waals surface area contributed by atoms with Crippen molar-refractivity contribution in [2.75, 3.05) is 19.7 Å². The summed E-state index contributed by atoms with van der Waals surface area (Å²) in [5.41, 5.74) is 2.21.